The summed E-state index contributed by atoms with van der Waals surface area (Å²) in [6, 6.07) is 10.2. The van der Waals surface area contributed by atoms with Gasteiger partial charge in [0.05, 0.1) is 18.8 Å². The van der Waals surface area contributed by atoms with Crippen molar-refractivity contribution in [2.75, 3.05) is 13.2 Å². The molecule has 0 heterocycles. The second-order valence-electron chi connectivity index (χ2n) is 8.30. The molecule has 0 aliphatic heterocycles. The van der Waals surface area contributed by atoms with Crippen LogP contribution in [0, 0.1) is 5.41 Å². The van der Waals surface area contributed by atoms with Gasteiger partial charge in [0.25, 0.3) is 0 Å². The Morgan fingerprint density at radius 3 is 2.22 bits per heavy atom. The molecule has 2 N–H and O–H groups in total. The summed E-state index contributed by atoms with van der Waals surface area (Å²) < 4.78 is 5.92. The number of rotatable bonds is 9. The Kier molecular flexibility index (Phi) is 7.72. The van der Waals surface area contributed by atoms with Crippen molar-refractivity contribution in [2.24, 2.45) is 5.41 Å². The van der Waals surface area contributed by atoms with Crippen LogP contribution in [0.2, 0.25) is 0 Å². The number of hydrogen-bond donors (Lipinski definition) is 2. The maximum Gasteiger partial charge on any atom is 0.0898 e. The molecule has 1 aromatic rings. The third-order valence-corrected chi connectivity index (χ3v) is 3.82. The van der Waals surface area contributed by atoms with Gasteiger partial charge in [0.2, 0.25) is 0 Å². The van der Waals surface area contributed by atoms with Gasteiger partial charge in [-0.05, 0) is 37.7 Å². The smallest absolute Gasteiger partial charge is 0.0898 e. The monoisotopic (exact) mass is 321 g/mol. The quantitative estimate of drug-likeness (QED) is 0.712. The van der Waals surface area contributed by atoms with Crippen LogP contribution in [0.25, 0.3) is 0 Å². The van der Waals surface area contributed by atoms with Crippen molar-refractivity contribution in [3.63, 3.8) is 0 Å². The van der Waals surface area contributed by atoms with E-state index in [2.05, 4.69) is 59.0 Å². The molecular weight excluding hydrogens is 286 g/mol. The lowest BCUT2D eigenvalue weighted by Crippen LogP contribution is -2.46. The number of aliphatic hydroxyl groups excluding tert-OH is 1. The van der Waals surface area contributed by atoms with E-state index in [1.807, 2.05) is 18.2 Å². The molecule has 0 aromatic heterocycles. The molecule has 23 heavy (non-hydrogen) atoms. The molecule has 2 unspecified atom stereocenters. The van der Waals surface area contributed by atoms with Crippen molar-refractivity contribution >= 4 is 0 Å². The second-order valence-corrected chi connectivity index (χ2v) is 8.30. The molecule has 0 saturated heterocycles. The predicted octanol–water partition coefficient (Wildman–Crippen LogP) is 4.32. The summed E-state index contributed by atoms with van der Waals surface area (Å²) >= 11 is 0. The van der Waals surface area contributed by atoms with Crippen LogP contribution in [-0.4, -0.2) is 29.9 Å². The minimum absolute atomic E-state index is 0.00280. The van der Waals surface area contributed by atoms with Gasteiger partial charge >= 0.3 is 0 Å². The van der Waals surface area contributed by atoms with Gasteiger partial charge in [-0.25, -0.2) is 0 Å². The highest BCUT2D eigenvalue weighted by Gasteiger charge is 2.25. The first kappa shape index (κ1) is 20.1. The van der Waals surface area contributed by atoms with Crippen molar-refractivity contribution in [1.82, 2.24) is 5.32 Å². The molecule has 0 spiro atoms. The summed E-state index contributed by atoms with van der Waals surface area (Å²) in [4.78, 5) is 0. The fraction of sp³-hybridized carbons (Fsp3) is 0.700. The van der Waals surface area contributed by atoms with Crippen molar-refractivity contribution in [3.05, 3.63) is 35.9 Å². The lowest BCUT2D eigenvalue weighted by molar-refractivity contribution is -0.0139. The van der Waals surface area contributed by atoms with Crippen LogP contribution in [0.3, 0.4) is 0 Å². The minimum Gasteiger partial charge on any atom is -0.389 e. The number of β-amino-alcohol motifs (C(OH)–C–C–N with tert-alkyl or cyclic N) is 1. The lowest BCUT2D eigenvalue weighted by atomic mass is 9.82. The molecule has 0 amide bonds. The molecule has 3 nitrogen and oxygen atoms in total. The van der Waals surface area contributed by atoms with E-state index in [1.54, 1.807) is 0 Å². The summed E-state index contributed by atoms with van der Waals surface area (Å²) in [5.41, 5.74) is 1.43. The van der Waals surface area contributed by atoms with E-state index >= 15 is 0 Å². The van der Waals surface area contributed by atoms with Gasteiger partial charge in [-0.2, -0.15) is 0 Å². The zero-order valence-electron chi connectivity index (χ0n) is 15.7. The van der Waals surface area contributed by atoms with Crippen LogP contribution in [0.15, 0.2) is 30.3 Å². The Balaban J connectivity index is 2.40. The highest BCUT2D eigenvalue weighted by atomic mass is 16.5. The van der Waals surface area contributed by atoms with Crippen LogP contribution >= 0.6 is 0 Å². The first-order valence-corrected chi connectivity index (χ1v) is 8.72. The molecule has 3 heteroatoms. The van der Waals surface area contributed by atoms with Gasteiger partial charge < -0.3 is 15.2 Å². The SMILES string of the molecule is CCC(OCC(O)CNC(C)(C)CC(C)(C)C)c1ccccc1. The van der Waals surface area contributed by atoms with Gasteiger partial charge in [-0.1, -0.05) is 58.0 Å². The Bertz CT molecular complexity index is 437. The van der Waals surface area contributed by atoms with Crippen LogP contribution in [0.1, 0.15) is 66.1 Å². The zero-order valence-corrected chi connectivity index (χ0v) is 15.7. The van der Waals surface area contributed by atoms with Gasteiger partial charge in [-0.3, -0.25) is 0 Å². The number of ether oxygens (including phenoxy) is 1. The standard InChI is InChI=1S/C20H35NO2/c1-7-18(16-11-9-8-10-12-16)23-14-17(22)13-21-20(5,6)15-19(2,3)4/h8-12,17-18,21-22H,7,13-15H2,1-6H3. The first-order chi connectivity index (χ1) is 10.6. The largest absolute Gasteiger partial charge is 0.389 e. The fourth-order valence-electron chi connectivity index (χ4n) is 3.19. The Hall–Kier alpha value is -0.900. The molecule has 0 radical (unpaired) electrons. The fourth-order valence-corrected chi connectivity index (χ4v) is 3.19. The van der Waals surface area contributed by atoms with Gasteiger partial charge in [0.15, 0.2) is 0 Å². The highest BCUT2D eigenvalue weighted by Crippen LogP contribution is 2.26. The van der Waals surface area contributed by atoms with Crippen LogP contribution < -0.4 is 5.32 Å². The van der Waals surface area contributed by atoms with Crippen molar-refractivity contribution in [3.8, 4) is 0 Å². The van der Waals surface area contributed by atoms with E-state index < -0.39 is 6.10 Å². The normalized spacial score (nSPS) is 15.4. The van der Waals surface area contributed by atoms with Gasteiger partial charge in [0, 0.05) is 12.1 Å². The molecule has 0 aliphatic carbocycles. The molecule has 0 aliphatic rings. The first-order valence-electron chi connectivity index (χ1n) is 8.72. The number of hydrogen-bond acceptors (Lipinski definition) is 3. The second kappa shape index (κ2) is 8.81. The van der Waals surface area contributed by atoms with E-state index in [0.29, 0.717) is 13.2 Å². The molecule has 0 saturated carbocycles. The van der Waals surface area contributed by atoms with E-state index in [-0.39, 0.29) is 17.1 Å². The number of benzene rings is 1. The Labute approximate surface area is 142 Å². The zero-order chi connectivity index (χ0) is 17.5. The average Bonchev–Trinajstić information content (AvgIpc) is 2.44. The molecule has 2 atom stereocenters. The minimum atomic E-state index is -0.494. The van der Waals surface area contributed by atoms with E-state index in [4.69, 9.17) is 4.74 Å². The maximum atomic E-state index is 10.2. The molecule has 1 rings (SSSR count). The van der Waals surface area contributed by atoms with E-state index in [9.17, 15) is 5.11 Å². The van der Waals surface area contributed by atoms with E-state index in [1.165, 1.54) is 5.56 Å². The lowest BCUT2D eigenvalue weighted by Gasteiger charge is -2.34. The molecule has 132 valence electrons. The average molecular weight is 322 g/mol. The highest BCUT2D eigenvalue weighted by molar-refractivity contribution is 5.17. The van der Waals surface area contributed by atoms with Crippen LogP contribution in [0.4, 0.5) is 0 Å². The van der Waals surface area contributed by atoms with Crippen LogP contribution in [0.5, 0.6) is 0 Å². The van der Waals surface area contributed by atoms with E-state index in [0.717, 1.165) is 12.8 Å². The van der Waals surface area contributed by atoms with Crippen LogP contribution in [-0.2, 0) is 4.74 Å². The van der Waals surface area contributed by atoms with Crippen molar-refractivity contribution in [2.45, 2.75) is 72.1 Å². The Morgan fingerprint density at radius 2 is 1.70 bits per heavy atom. The summed E-state index contributed by atoms with van der Waals surface area (Å²) in [5.74, 6) is 0. The third-order valence-electron chi connectivity index (χ3n) is 3.82. The molecule has 1 aromatic carbocycles. The third kappa shape index (κ3) is 8.50. The van der Waals surface area contributed by atoms with Gasteiger partial charge in [0.1, 0.15) is 0 Å². The molecule has 0 bridgehead atoms. The van der Waals surface area contributed by atoms with Crippen molar-refractivity contribution < 1.29 is 9.84 Å². The molecule has 0 fully saturated rings. The number of aliphatic hydroxyl groups is 1. The van der Waals surface area contributed by atoms with Gasteiger partial charge in [-0.15, -0.1) is 0 Å². The topological polar surface area (TPSA) is 41.5 Å². The molecular formula is C20H35NO2. The summed E-state index contributed by atoms with van der Waals surface area (Å²) in [6.07, 6.45) is 1.51. The summed E-state index contributed by atoms with van der Waals surface area (Å²) in [7, 11) is 0. The summed E-state index contributed by atoms with van der Waals surface area (Å²) in [5, 5.41) is 13.7. The number of nitrogens with one attached hydrogen (secondary N) is 1. The predicted molar refractivity (Wildman–Crippen MR) is 97.6 cm³/mol. The maximum absolute atomic E-state index is 10.2. The van der Waals surface area contributed by atoms with Crippen molar-refractivity contribution in [1.29, 1.82) is 0 Å². The summed E-state index contributed by atoms with van der Waals surface area (Å²) in [6.45, 7) is 14.1. The Morgan fingerprint density at radius 1 is 1.09 bits per heavy atom.